The molecule has 0 aliphatic rings. The van der Waals surface area contributed by atoms with Gasteiger partial charge in [-0.15, -0.1) is 0 Å². The van der Waals surface area contributed by atoms with E-state index < -0.39 is 11.8 Å². The molecule has 3 aromatic heterocycles. The van der Waals surface area contributed by atoms with Crippen molar-refractivity contribution in [3.8, 4) is 22.9 Å². The molecule has 0 aliphatic heterocycles. The van der Waals surface area contributed by atoms with Crippen LogP contribution in [-0.2, 0) is 16.1 Å². The van der Waals surface area contributed by atoms with Gasteiger partial charge in [-0.1, -0.05) is 37.2 Å². The summed E-state index contributed by atoms with van der Waals surface area (Å²) >= 11 is 0. The van der Waals surface area contributed by atoms with Gasteiger partial charge in [0.05, 0.1) is 32.0 Å². The fourth-order valence-electron chi connectivity index (χ4n) is 3.95. The predicted molar refractivity (Wildman–Crippen MR) is 128 cm³/mol. The third-order valence-electron chi connectivity index (χ3n) is 5.92. The number of anilines is 1. The molecule has 11 heteroatoms. The molecule has 0 radical (unpaired) electrons. The third-order valence-corrected chi connectivity index (χ3v) is 5.92. The molecule has 4 aromatic rings. The molecule has 0 spiro atoms. The average molecular weight is 497 g/mol. The van der Waals surface area contributed by atoms with E-state index in [2.05, 4.69) is 20.2 Å². The third kappa shape index (κ3) is 5.24. The Morgan fingerprint density at radius 2 is 1.94 bits per heavy atom. The van der Waals surface area contributed by atoms with Crippen molar-refractivity contribution >= 4 is 11.8 Å². The van der Waals surface area contributed by atoms with Gasteiger partial charge in [0.25, 0.3) is 0 Å². The first-order valence-electron chi connectivity index (χ1n) is 11.3. The number of rotatable bonds is 9. The van der Waals surface area contributed by atoms with Crippen LogP contribution < -0.4 is 4.90 Å². The van der Waals surface area contributed by atoms with Crippen molar-refractivity contribution in [3.63, 3.8) is 0 Å². The van der Waals surface area contributed by atoms with Crippen molar-refractivity contribution in [3.05, 3.63) is 66.1 Å². The number of hydrogen-bond acceptors (Lipinski definition) is 8. The van der Waals surface area contributed by atoms with E-state index >= 15 is 0 Å². The van der Waals surface area contributed by atoms with Crippen molar-refractivity contribution in [2.24, 2.45) is 5.92 Å². The first-order chi connectivity index (χ1) is 17.3. The lowest BCUT2D eigenvalue weighted by Crippen LogP contribution is -2.39. The molecule has 1 aromatic carbocycles. The van der Waals surface area contributed by atoms with Crippen LogP contribution in [0.4, 0.5) is 14.6 Å². The fraction of sp³-hybridized carbons (Fsp3) is 0.320. The Hall–Kier alpha value is -4.15. The number of hydrogen-bond donors (Lipinski definition) is 0. The Balaban J connectivity index is 1.73. The van der Waals surface area contributed by atoms with Gasteiger partial charge in [-0.05, 0) is 18.1 Å². The predicted octanol–water partition coefficient (Wildman–Crippen LogP) is 4.35. The summed E-state index contributed by atoms with van der Waals surface area (Å²) in [7, 11) is 2.98. The zero-order valence-corrected chi connectivity index (χ0v) is 20.4. The molecule has 0 aliphatic carbocycles. The lowest BCUT2D eigenvalue weighted by Gasteiger charge is -2.31. The van der Waals surface area contributed by atoms with Crippen molar-refractivity contribution in [2.75, 3.05) is 19.1 Å². The number of benzene rings is 1. The molecular weight excluding hydrogens is 470 g/mol. The number of ether oxygens (including phenoxy) is 1. The number of halogens is 2. The topological polar surface area (TPSA) is 99.2 Å². The number of methoxy groups -OCH3 is 1. The maximum atomic E-state index is 14.8. The Bertz CT molecular complexity index is 1340. The van der Waals surface area contributed by atoms with Gasteiger partial charge in [0.1, 0.15) is 23.5 Å². The summed E-state index contributed by atoms with van der Waals surface area (Å²) in [6, 6.07) is 9.37. The smallest absolute Gasteiger partial charge is 0.307 e. The molecule has 36 heavy (non-hydrogen) atoms. The van der Waals surface area contributed by atoms with E-state index in [4.69, 9.17) is 9.26 Å². The van der Waals surface area contributed by atoms with Gasteiger partial charge < -0.3 is 14.2 Å². The van der Waals surface area contributed by atoms with Crippen LogP contribution in [0, 0.1) is 17.6 Å². The molecule has 0 unspecified atom stereocenters. The molecule has 0 amide bonds. The second-order valence-corrected chi connectivity index (χ2v) is 8.62. The van der Waals surface area contributed by atoms with Crippen LogP contribution in [0.25, 0.3) is 22.9 Å². The molecule has 9 nitrogen and oxygen atoms in total. The monoisotopic (exact) mass is 496 g/mol. The van der Waals surface area contributed by atoms with E-state index in [1.807, 2.05) is 13.8 Å². The van der Waals surface area contributed by atoms with Crippen molar-refractivity contribution in [2.45, 2.75) is 32.9 Å². The number of carbonyl (C=O) groups is 1. The number of aromatic nitrogens is 5. The van der Waals surface area contributed by atoms with Crippen molar-refractivity contribution < 1.29 is 22.8 Å². The van der Waals surface area contributed by atoms with E-state index in [0.29, 0.717) is 22.6 Å². The van der Waals surface area contributed by atoms with Crippen molar-refractivity contribution in [1.29, 1.82) is 0 Å². The minimum atomic E-state index is -0.640. The van der Waals surface area contributed by atoms with Gasteiger partial charge in [-0.2, -0.15) is 5.10 Å². The summed E-state index contributed by atoms with van der Waals surface area (Å²) in [5.74, 6) is -1.22. The Kier molecular flexibility index (Phi) is 7.37. The molecule has 4 rings (SSSR count). The highest BCUT2D eigenvalue weighted by atomic mass is 19.1. The molecular formula is C25H26F2N6O3. The lowest BCUT2D eigenvalue weighted by atomic mass is 9.99. The summed E-state index contributed by atoms with van der Waals surface area (Å²) in [5.41, 5.74) is 1.81. The maximum absolute atomic E-state index is 14.8. The molecule has 188 valence electrons. The Morgan fingerprint density at radius 1 is 1.17 bits per heavy atom. The normalized spacial score (nSPS) is 12.1. The standard InChI is InChI=1S/C25H26F2N6O3/c1-15(2)21(12-23(34)35-4)32(3)25-18(27)13-28-24(29-25)20-11-22(19-9-10-36-31-19)33(30-20)14-16-7-5-6-8-17(16)26/h5-11,13,15,21H,12,14H2,1-4H3/t21-/m1/s1. The van der Waals surface area contributed by atoms with E-state index in [9.17, 15) is 13.6 Å². The molecule has 0 N–H and O–H groups in total. The van der Waals surface area contributed by atoms with Crippen LogP contribution >= 0.6 is 0 Å². The fourth-order valence-corrected chi connectivity index (χ4v) is 3.95. The number of nitrogens with zero attached hydrogens (tertiary/aromatic N) is 6. The van der Waals surface area contributed by atoms with Gasteiger partial charge in [-0.3, -0.25) is 9.48 Å². The SMILES string of the molecule is COC(=O)C[C@H](C(C)C)N(C)c1nc(-c2cc(-c3ccon3)n(Cc3ccccc3F)n2)ncc1F. The van der Waals surface area contributed by atoms with Gasteiger partial charge in [0.15, 0.2) is 17.5 Å². The molecule has 0 saturated heterocycles. The summed E-state index contributed by atoms with van der Waals surface area (Å²) in [6.45, 7) is 3.98. The van der Waals surface area contributed by atoms with E-state index in [-0.39, 0.29) is 42.4 Å². The van der Waals surface area contributed by atoms with E-state index in [1.165, 1.54) is 19.4 Å². The highest BCUT2D eigenvalue weighted by molar-refractivity contribution is 5.71. The summed E-state index contributed by atoms with van der Waals surface area (Å²) < 4.78 is 40.5. The van der Waals surface area contributed by atoms with Crippen LogP contribution in [0.5, 0.6) is 0 Å². The van der Waals surface area contributed by atoms with E-state index in [0.717, 1.165) is 6.20 Å². The zero-order valence-electron chi connectivity index (χ0n) is 20.4. The molecule has 0 bridgehead atoms. The average Bonchev–Trinajstić information content (AvgIpc) is 3.53. The molecule has 1 atom stereocenters. The number of carbonyl (C=O) groups excluding carboxylic acids is 1. The van der Waals surface area contributed by atoms with Crippen LogP contribution in [0.2, 0.25) is 0 Å². The first-order valence-corrected chi connectivity index (χ1v) is 11.3. The van der Waals surface area contributed by atoms with Crippen LogP contribution in [0.3, 0.4) is 0 Å². The molecule has 0 saturated carbocycles. The van der Waals surface area contributed by atoms with E-state index in [1.54, 1.807) is 47.0 Å². The van der Waals surface area contributed by atoms with Gasteiger partial charge in [-0.25, -0.2) is 18.7 Å². The Labute approximate surface area is 206 Å². The number of esters is 1. The highest BCUT2D eigenvalue weighted by Gasteiger charge is 2.27. The lowest BCUT2D eigenvalue weighted by molar-refractivity contribution is -0.141. The summed E-state index contributed by atoms with van der Waals surface area (Å²) in [6.07, 6.45) is 2.55. The second-order valence-electron chi connectivity index (χ2n) is 8.62. The molecule has 0 fully saturated rings. The second kappa shape index (κ2) is 10.6. The van der Waals surface area contributed by atoms with Gasteiger partial charge in [0, 0.05) is 24.7 Å². The zero-order chi connectivity index (χ0) is 25.8. The van der Waals surface area contributed by atoms with Crippen LogP contribution in [0.1, 0.15) is 25.8 Å². The summed E-state index contributed by atoms with van der Waals surface area (Å²) in [4.78, 5) is 22.1. The first kappa shape index (κ1) is 25.0. The van der Waals surface area contributed by atoms with Gasteiger partial charge in [0.2, 0.25) is 0 Å². The minimum Gasteiger partial charge on any atom is -0.469 e. The quantitative estimate of drug-likeness (QED) is 0.316. The summed E-state index contributed by atoms with van der Waals surface area (Å²) in [5, 5.41) is 8.55. The maximum Gasteiger partial charge on any atom is 0.307 e. The highest BCUT2D eigenvalue weighted by Crippen LogP contribution is 2.28. The van der Waals surface area contributed by atoms with Gasteiger partial charge >= 0.3 is 5.97 Å². The Morgan fingerprint density at radius 3 is 2.61 bits per heavy atom. The minimum absolute atomic E-state index is 0.00524. The largest absolute Gasteiger partial charge is 0.469 e. The van der Waals surface area contributed by atoms with Crippen molar-refractivity contribution in [1.82, 2.24) is 24.9 Å². The van der Waals surface area contributed by atoms with Crippen LogP contribution in [-0.4, -0.2) is 51.1 Å². The molecule has 3 heterocycles. The van der Waals surface area contributed by atoms with Crippen LogP contribution in [0.15, 0.2) is 53.4 Å².